The summed E-state index contributed by atoms with van der Waals surface area (Å²) in [6.45, 7) is -0.272. The van der Waals surface area contributed by atoms with Crippen LogP contribution in [0.3, 0.4) is 0 Å². The summed E-state index contributed by atoms with van der Waals surface area (Å²) in [4.78, 5) is 12.6. The third kappa shape index (κ3) is 5.22. The number of hydrogen-bond acceptors (Lipinski definition) is 3. The smallest absolute Gasteiger partial charge is 0.387 e. The Morgan fingerprint density at radius 2 is 1.63 bits per heavy atom. The minimum atomic E-state index is -3.95. The number of amides is 1. The number of nitrogens with one attached hydrogen (secondary N) is 1. The van der Waals surface area contributed by atoms with Gasteiger partial charge in [-0.3, -0.25) is 4.79 Å². The van der Waals surface area contributed by atoms with Gasteiger partial charge in [0.15, 0.2) is 11.6 Å². The van der Waals surface area contributed by atoms with E-state index in [9.17, 15) is 18.0 Å². The van der Waals surface area contributed by atoms with Crippen LogP contribution >= 0.6 is 15.9 Å². The molecule has 0 aromatic heterocycles. The molecule has 0 heterocycles. The molecule has 0 saturated carbocycles. The van der Waals surface area contributed by atoms with Crippen molar-refractivity contribution in [1.82, 2.24) is 0 Å². The van der Waals surface area contributed by atoms with Gasteiger partial charge in [-0.2, -0.15) is 8.78 Å². The van der Waals surface area contributed by atoms with Gasteiger partial charge in [0, 0.05) is 17.3 Å². The van der Waals surface area contributed by atoms with Crippen LogP contribution in [-0.2, 0) is 5.41 Å². The van der Waals surface area contributed by atoms with Crippen molar-refractivity contribution in [1.29, 1.82) is 0 Å². The Balaban J connectivity index is 2.76. The molecule has 0 spiro atoms. The molecule has 0 aliphatic carbocycles. The molecule has 3 N–H and O–H groups in total. The molecule has 2 rings (SSSR count). The first-order valence-corrected chi connectivity index (χ1v) is 11.4. The van der Waals surface area contributed by atoms with Gasteiger partial charge in [0.05, 0.1) is 16.9 Å². The molecule has 0 saturated heterocycles. The third-order valence-corrected chi connectivity index (χ3v) is 6.57. The van der Waals surface area contributed by atoms with Crippen LogP contribution in [0.25, 0.3) is 0 Å². The van der Waals surface area contributed by atoms with Gasteiger partial charge in [0.25, 0.3) is 17.8 Å². The summed E-state index contributed by atoms with van der Waals surface area (Å²) in [6, 6.07) is 5.05. The van der Waals surface area contributed by atoms with E-state index < -0.39 is 77.4 Å². The lowest BCUT2D eigenvalue weighted by Gasteiger charge is -2.45. The molecule has 0 radical (unpaired) electrons. The number of carbonyl (C=O) groups excluding carboxylic acids is 1. The van der Waals surface area contributed by atoms with E-state index in [1.54, 1.807) is 0 Å². The molecule has 0 unspecified atom stereocenters. The van der Waals surface area contributed by atoms with Crippen LogP contribution in [0.2, 0.25) is 0 Å². The van der Waals surface area contributed by atoms with Crippen LogP contribution in [0.4, 0.5) is 42.1 Å². The molecule has 12 heteroatoms. The Labute approximate surface area is 206 Å². The second-order valence-corrected chi connectivity index (χ2v) is 8.60. The molecule has 0 bridgehead atoms. The normalized spacial score (nSPS) is 12.7. The fourth-order valence-corrected chi connectivity index (χ4v) is 4.60. The maximum Gasteiger partial charge on any atom is 0.387 e. The van der Waals surface area contributed by atoms with Gasteiger partial charge in [-0.25, -0.2) is 22.0 Å². The van der Waals surface area contributed by atoms with E-state index >= 15 is 17.6 Å². The summed E-state index contributed by atoms with van der Waals surface area (Å²) in [5.74, 6) is -11.0. The fraction of sp³-hybridized carbons (Fsp3) is 0.435. The highest BCUT2D eigenvalue weighted by atomic mass is 79.9. The number of rotatable bonds is 10. The fourth-order valence-electron chi connectivity index (χ4n) is 4.06. The van der Waals surface area contributed by atoms with Crippen LogP contribution in [0.5, 0.6) is 5.75 Å². The number of halogens is 8. The van der Waals surface area contributed by atoms with Gasteiger partial charge < -0.3 is 15.8 Å². The number of ether oxygens (including phenoxy) is 1. The molecule has 1 amide bonds. The molecule has 2 aromatic rings. The number of hydrogen-bond donors (Lipinski definition) is 2. The summed E-state index contributed by atoms with van der Waals surface area (Å²) in [5.41, 5.74) is 0.303. The van der Waals surface area contributed by atoms with Gasteiger partial charge in [0.2, 0.25) is 0 Å². The largest absolute Gasteiger partial charge is 0.433 e. The zero-order valence-corrected chi connectivity index (χ0v) is 20.6. The molecule has 0 fully saturated rings. The van der Waals surface area contributed by atoms with E-state index in [0.29, 0.717) is 6.07 Å². The Morgan fingerprint density at radius 1 is 1.06 bits per heavy atom. The molecule has 0 aliphatic heterocycles. The van der Waals surface area contributed by atoms with Crippen LogP contribution < -0.4 is 15.8 Å². The van der Waals surface area contributed by atoms with Gasteiger partial charge in [-0.05, 0) is 52.2 Å². The van der Waals surface area contributed by atoms with Gasteiger partial charge in [-0.15, -0.1) is 0 Å². The third-order valence-electron chi connectivity index (χ3n) is 5.94. The predicted molar refractivity (Wildman–Crippen MR) is 122 cm³/mol. The van der Waals surface area contributed by atoms with Crippen molar-refractivity contribution < 1.29 is 40.3 Å². The Hall–Kier alpha value is -2.50. The summed E-state index contributed by atoms with van der Waals surface area (Å²) >= 11 is 2.97. The first kappa shape index (κ1) is 28.7. The average Bonchev–Trinajstić information content (AvgIpc) is 2.77. The first-order chi connectivity index (χ1) is 16.2. The van der Waals surface area contributed by atoms with Crippen molar-refractivity contribution in [2.75, 3.05) is 11.1 Å². The highest BCUT2D eigenvalue weighted by Crippen LogP contribution is 2.56. The number of anilines is 2. The van der Waals surface area contributed by atoms with Crippen molar-refractivity contribution >= 4 is 33.2 Å². The molecule has 4 nitrogen and oxygen atoms in total. The van der Waals surface area contributed by atoms with E-state index in [1.807, 2.05) is 0 Å². The van der Waals surface area contributed by atoms with E-state index in [1.165, 1.54) is 12.1 Å². The maximum atomic E-state index is 15.2. The highest BCUT2D eigenvalue weighted by Gasteiger charge is 2.66. The number of nitrogen functional groups attached to an aromatic ring is 1. The number of benzene rings is 2. The molecule has 35 heavy (non-hydrogen) atoms. The lowest BCUT2D eigenvalue weighted by molar-refractivity contribution is -0.200. The lowest BCUT2D eigenvalue weighted by Crippen LogP contribution is -2.57. The van der Waals surface area contributed by atoms with Crippen molar-refractivity contribution in [3.63, 3.8) is 0 Å². The van der Waals surface area contributed by atoms with Gasteiger partial charge in [-0.1, -0.05) is 26.8 Å². The molecular weight excluding hydrogens is 549 g/mol. The van der Waals surface area contributed by atoms with Crippen molar-refractivity contribution in [3.05, 3.63) is 51.7 Å². The highest BCUT2D eigenvalue weighted by molar-refractivity contribution is 9.10. The summed E-state index contributed by atoms with van der Waals surface area (Å²) < 4.78 is 105. The molecule has 2 aromatic carbocycles. The predicted octanol–water partition coefficient (Wildman–Crippen LogP) is 7.76. The summed E-state index contributed by atoms with van der Waals surface area (Å²) in [7, 11) is 0. The average molecular weight is 573 g/mol. The van der Waals surface area contributed by atoms with Gasteiger partial charge >= 0.3 is 6.61 Å². The topological polar surface area (TPSA) is 64.4 Å². The van der Waals surface area contributed by atoms with E-state index in [0.717, 1.165) is 32.9 Å². The molecule has 0 aliphatic rings. The van der Waals surface area contributed by atoms with E-state index in [4.69, 9.17) is 5.73 Å². The van der Waals surface area contributed by atoms with Crippen molar-refractivity contribution in [3.8, 4) is 5.75 Å². The SMILES string of the molecule is CCC(F)(F)C(CC)(c1cc(Br)c(NC(=O)c2cccc(N)c2F)c(OC(F)F)c1)C(F)(F)CC. The Kier molecular flexibility index (Phi) is 8.73. The monoisotopic (exact) mass is 572 g/mol. The minimum absolute atomic E-state index is 0.306. The van der Waals surface area contributed by atoms with Crippen LogP contribution in [0.15, 0.2) is 34.8 Å². The summed E-state index contributed by atoms with van der Waals surface area (Å²) in [5, 5.41) is 2.16. The van der Waals surface area contributed by atoms with E-state index in [-0.39, 0.29) is 10.2 Å². The summed E-state index contributed by atoms with van der Waals surface area (Å²) in [6.07, 6.45) is -2.64. The van der Waals surface area contributed by atoms with Crippen molar-refractivity contribution in [2.24, 2.45) is 0 Å². The number of carbonyl (C=O) groups is 1. The standard InChI is InChI=1S/C23H24BrF7N2O2/c1-4-21(22(28,29)5-2,23(30,31)6-3)12-10-14(24)18(16(11-12)35-20(26)27)33-19(34)13-8-7-9-15(32)17(13)25/h7-11,20H,4-6,32H2,1-3H3,(H,33,34). The Bertz CT molecular complexity index is 1060. The minimum Gasteiger partial charge on any atom is -0.433 e. The molecule has 194 valence electrons. The van der Waals surface area contributed by atoms with Crippen LogP contribution in [0.1, 0.15) is 56.0 Å². The lowest BCUT2D eigenvalue weighted by atomic mass is 9.66. The molecule has 0 atom stereocenters. The second-order valence-electron chi connectivity index (χ2n) is 7.75. The zero-order chi connectivity index (χ0) is 26.8. The number of nitrogens with two attached hydrogens (primary N) is 1. The van der Waals surface area contributed by atoms with Gasteiger partial charge in [0.1, 0.15) is 5.41 Å². The quantitative estimate of drug-likeness (QED) is 0.226. The maximum absolute atomic E-state index is 15.2. The van der Waals surface area contributed by atoms with Crippen LogP contribution in [0, 0.1) is 5.82 Å². The van der Waals surface area contributed by atoms with Crippen molar-refractivity contribution in [2.45, 2.75) is 63.9 Å². The zero-order valence-electron chi connectivity index (χ0n) is 19.0. The Morgan fingerprint density at radius 3 is 2.11 bits per heavy atom. The number of alkyl halides is 6. The second kappa shape index (κ2) is 10.6. The van der Waals surface area contributed by atoms with Crippen LogP contribution in [-0.4, -0.2) is 24.4 Å². The first-order valence-electron chi connectivity index (χ1n) is 10.6. The van der Waals surface area contributed by atoms with E-state index in [2.05, 4.69) is 26.0 Å². The molecular formula is C23H24BrF7N2O2.